The second-order valence-corrected chi connectivity index (χ2v) is 5.88. The van der Waals surface area contributed by atoms with E-state index in [0.29, 0.717) is 28.3 Å². The van der Waals surface area contributed by atoms with Gasteiger partial charge in [-0.3, -0.25) is 0 Å². The SMILES string of the molecule is ClCc1cccc(Cl)c1OCc1ccc(Br)cc1Cl. The Kier molecular flexibility index (Phi) is 5.40. The van der Waals surface area contributed by atoms with Gasteiger partial charge in [-0.1, -0.05) is 57.3 Å². The van der Waals surface area contributed by atoms with Crippen molar-refractivity contribution in [3.05, 3.63) is 62.0 Å². The summed E-state index contributed by atoms with van der Waals surface area (Å²) in [7, 11) is 0. The lowest BCUT2D eigenvalue weighted by atomic mass is 10.2. The van der Waals surface area contributed by atoms with Gasteiger partial charge in [0.15, 0.2) is 0 Å². The van der Waals surface area contributed by atoms with E-state index in [2.05, 4.69) is 15.9 Å². The van der Waals surface area contributed by atoms with Crippen LogP contribution in [0.2, 0.25) is 10.0 Å². The summed E-state index contributed by atoms with van der Waals surface area (Å²) in [6.45, 7) is 0.347. The first-order chi connectivity index (χ1) is 9.11. The van der Waals surface area contributed by atoms with Gasteiger partial charge in [0.25, 0.3) is 0 Å². The maximum absolute atomic E-state index is 6.14. The minimum absolute atomic E-state index is 0.347. The normalized spacial score (nSPS) is 10.5. The molecule has 5 heteroatoms. The van der Waals surface area contributed by atoms with E-state index < -0.39 is 0 Å². The summed E-state index contributed by atoms with van der Waals surface area (Å²) in [5.41, 5.74) is 1.76. The minimum Gasteiger partial charge on any atom is -0.487 e. The molecule has 0 aromatic heterocycles. The minimum atomic E-state index is 0.347. The van der Waals surface area contributed by atoms with Gasteiger partial charge < -0.3 is 4.74 Å². The number of ether oxygens (including phenoxy) is 1. The van der Waals surface area contributed by atoms with E-state index in [1.54, 1.807) is 6.07 Å². The van der Waals surface area contributed by atoms with Crippen LogP contribution < -0.4 is 4.74 Å². The lowest BCUT2D eigenvalue weighted by Gasteiger charge is -2.12. The highest BCUT2D eigenvalue weighted by Gasteiger charge is 2.09. The lowest BCUT2D eigenvalue weighted by Crippen LogP contribution is -1.99. The molecule has 0 aliphatic heterocycles. The van der Waals surface area contributed by atoms with Crippen molar-refractivity contribution in [2.75, 3.05) is 0 Å². The van der Waals surface area contributed by atoms with Crippen molar-refractivity contribution in [2.45, 2.75) is 12.5 Å². The van der Waals surface area contributed by atoms with Crippen LogP contribution in [0, 0.1) is 0 Å². The van der Waals surface area contributed by atoms with Gasteiger partial charge in [0.2, 0.25) is 0 Å². The van der Waals surface area contributed by atoms with E-state index in [1.165, 1.54) is 0 Å². The highest BCUT2D eigenvalue weighted by atomic mass is 79.9. The molecule has 0 radical (unpaired) electrons. The second-order valence-electron chi connectivity index (χ2n) is 3.89. The van der Waals surface area contributed by atoms with Crippen molar-refractivity contribution in [1.29, 1.82) is 0 Å². The predicted octanol–water partition coefficient (Wildman–Crippen LogP) is 6.07. The van der Waals surface area contributed by atoms with Gasteiger partial charge in [-0.15, -0.1) is 11.6 Å². The van der Waals surface area contributed by atoms with Crippen LogP contribution in [0.15, 0.2) is 40.9 Å². The Morgan fingerprint density at radius 1 is 1.00 bits per heavy atom. The van der Waals surface area contributed by atoms with E-state index in [0.717, 1.165) is 15.6 Å². The third-order valence-corrected chi connectivity index (χ3v) is 4.01. The average Bonchev–Trinajstić information content (AvgIpc) is 2.39. The van der Waals surface area contributed by atoms with E-state index in [4.69, 9.17) is 39.5 Å². The summed E-state index contributed by atoms with van der Waals surface area (Å²) in [6.07, 6.45) is 0. The number of para-hydroxylation sites is 1. The highest BCUT2D eigenvalue weighted by molar-refractivity contribution is 9.10. The molecule has 0 saturated carbocycles. The fraction of sp³-hybridized carbons (Fsp3) is 0.143. The van der Waals surface area contributed by atoms with Crippen molar-refractivity contribution in [3.63, 3.8) is 0 Å². The Morgan fingerprint density at radius 3 is 2.47 bits per heavy atom. The monoisotopic (exact) mass is 378 g/mol. The third-order valence-electron chi connectivity index (χ3n) is 2.58. The number of rotatable bonds is 4. The zero-order valence-corrected chi connectivity index (χ0v) is 13.7. The molecule has 0 unspecified atom stereocenters. The topological polar surface area (TPSA) is 9.23 Å². The van der Waals surface area contributed by atoms with Crippen LogP contribution in [0.1, 0.15) is 11.1 Å². The molecule has 0 aliphatic rings. The van der Waals surface area contributed by atoms with Crippen molar-refractivity contribution < 1.29 is 4.74 Å². The maximum atomic E-state index is 6.14. The number of hydrogen-bond acceptors (Lipinski definition) is 1. The fourth-order valence-electron chi connectivity index (χ4n) is 1.61. The van der Waals surface area contributed by atoms with Gasteiger partial charge in [0.1, 0.15) is 12.4 Å². The van der Waals surface area contributed by atoms with E-state index in [1.807, 2.05) is 30.3 Å². The number of hydrogen-bond donors (Lipinski definition) is 0. The Hall–Kier alpha value is -0.410. The molecular formula is C14H10BrCl3O. The van der Waals surface area contributed by atoms with Crippen molar-refractivity contribution in [1.82, 2.24) is 0 Å². The molecule has 0 spiro atoms. The number of halogens is 4. The van der Waals surface area contributed by atoms with Crippen molar-refractivity contribution in [2.24, 2.45) is 0 Å². The molecule has 0 N–H and O–H groups in total. The van der Waals surface area contributed by atoms with Gasteiger partial charge in [0.05, 0.1) is 10.9 Å². The lowest BCUT2D eigenvalue weighted by molar-refractivity contribution is 0.304. The van der Waals surface area contributed by atoms with Gasteiger partial charge in [-0.2, -0.15) is 0 Å². The molecule has 0 atom stereocenters. The molecule has 2 aromatic carbocycles. The molecule has 2 aromatic rings. The van der Waals surface area contributed by atoms with E-state index in [-0.39, 0.29) is 0 Å². The first-order valence-corrected chi connectivity index (χ1v) is 7.60. The molecule has 0 saturated heterocycles. The Labute approximate surface area is 135 Å². The second kappa shape index (κ2) is 6.85. The molecule has 0 heterocycles. The fourth-order valence-corrected chi connectivity index (χ4v) is 2.80. The summed E-state index contributed by atoms with van der Waals surface area (Å²) in [4.78, 5) is 0. The maximum Gasteiger partial charge on any atom is 0.142 e. The summed E-state index contributed by atoms with van der Waals surface area (Å²) < 4.78 is 6.68. The first kappa shape index (κ1) is 15.0. The van der Waals surface area contributed by atoms with Gasteiger partial charge >= 0.3 is 0 Å². The van der Waals surface area contributed by atoms with Crippen LogP contribution in [0.3, 0.4) is 0 Å². The summed E-state index contributed by atoms with van der Waals surface area (Å²) in [6, 6.07) is 11.2. The Morgan fingerprint density at radius 2 is 1.79 bits per heavy atom. The van der Waals surface area contributed by atoms with Crippen molar-refractivity contribution >= 4 is 50.7 Å². The molecule has 2 rings (SSSR count). The summed E-state index contributed by atoms with van der Waals surface area (Å²) in [5, 5.41) is 1.19. The molecule has 0 bridgehead atoms. The van der Waals surface area contributed by atoms with Crippen LogP contribution in [0.25, 0.3) is 0 Å². The van der Waals surface area contributed by atoms with E-state index >= 15 is 0 Å². The average molecular weight is 380 g/mol. The molecule has 19 heavy (non-hydrogen) atoms. The number of benzene rings is 2. The molecule has 100 valence electrons. The Bertz CT molecular complexity index is 587. The zero-order valence-electron chi connectivity index (χ0n) is 9.80. The van der Waals surface area contributed by atoms with Crippen LogP contribution in [-0.4, -0.2) is 0 Å². The molecule has 1 nitrogen and oxygen atoms in total. The standard InChI is InChI=1S/C14H10BrCl3O/c15-11-5-4-10(13(18)6-11)8-19-14-9(7-16)2-1-3-12(14)17/h1-6H,7-8H2. The van der Waals surface area contributed by atoms with Crippen LogP contribution in [-0.2, 0) is 12.5 Å². The molecule has 0 aliphatic carbocycles. The predicted molar refractivity (Wildman–Crippen MR) is 84.5 cm³/mol. The zero-order chi connectivity index (χ0) is 13.8. The first-order valence-electron chi connectivity index (χ1n) is 5.52. The Balaban J connectivity index is 2.19. The number of alkyl halides is 1. The van der Waals surface area contributed by atoms with Gasteiger partial charge in [-0.25, -0.2) is 0 Å². The highest BCUT2D eigenvalue weighted by Crippen LogP contribution is 2.31. The van der Waals surface area contributed by atoms with Crippen LogP contribution in [0.5, 0.6) is 5.75 Å². The van der Waals surface area contributed by atoms with Crippen LogP contribution in [0.4, 0.5) is 0 Å². The largest absolute Gasteiger partial charge is 0.487 e. The molecular weight excluding hydrogens is 370 g/mol. The smallest absolute Gasteiger partial charge is 0.142 e. The summed E-state index contributed by atoms with van der Waals surface area (Å²) in [5.74, 6) is 0.961. The van der Waals surface area contributed by atoms with E-state index in [9.17, 15) is 0 Å². The van der Waals surface area contributed by atoms with Crippen LogP contribution >= 0.6 is 50.7 Å². The van der Waals surface area contributed by atoms with Gasteiger partial charge in [0, 0.05) is 20.6 Å². The molecule has 0 amide bonds. The van der Waals surface area contributed by atoms with Crippen molar-refractivity contribution in [3.8, 4) is 5.75 Å². The quantitative estimate of drug-likeness (QED) is 0.585. The third kappa shape index (κ3) is 3.79. The summed E-state index contributed by atoms with van der Waals surface area (Å²) >= 11 is 21.5. The van der Waals surface area contributed by atoms with Gasteiger partial charge in [-0.05, 0) is 18.2 Å². The molecule has 0 fully saturated rings.